The second kappa shape index (κ2) is 14.3. The summed E-state index contributed by atoms with van der Waals surface area (Å²) < 4.78 is 13.7. The molecule has 220 valence electrons. The van der Waals surface area contributed by atoms with Crippen LogP contribution >= 0.6 is 23.4 Å². The van der Waals surface area contributed by atoms with Gasteiger partial charge in [0.15, 0.2) is 0 Å². The van der Waals surface area contributed by atoms with Crippen LogP contribution in [0.2, 0.25) is 5.02 Å². The molecule has 0 N–H and O–H groups in total. The molecule has 4 aromatic carbocycles. The molecule has 5 atom stereocenters. The second-order valence-corrected chi connectivity index (χ2v) is 13.6. The summed E-state index contributed by atoms with van der Waals surface area (Å²) in [6.07, 6.45) is 1.88. The van der Waals surface area contributed by atoms with Crippen molar-refractivity contribution in [1.82, 2.24) is 0 Å². The SMILES string of the molecule is CC[C@H]1S[C@@H](c2cc(Cc3ccc(Cl)cc3C)c(C)cc2C)[C@H](OCc2ccccc2)[C@@H](OCc2ccccc2)[C@@H]1C. The molecule has 42 heavy (non-hydrogen) atoms. The van der Waals surface area contributed by atoms with Gasteiger partial charge in [0.05, 0.1) is 24.6 Å². The first-order chi connectivity index (χ1) is 20.3. The summed E-state index contributed by atoms with van der Waals surface area (Å²) in [5.41, 5.74) is 10.3. The van der Waals surface area contributed by atoms with Crippen LogP contribution in [0.4, 0.5) is 0 Å². The summed E-state index contributed by atoms with van der Waals surface area (Å²) >= 11 is 8.36. The van der Waals surface area contributed by atoms with Gasteiger partial charge in [-0.05, 0) is 96.2 Å². The first kappa shape index (κ1) is 30.9. The van der Waals surface area contributed by atoms with Gasteiger partial charge in [-0.3, -0.25) is 0 Å². The maximum atomic E-state index is 6.92. The second-order valence-electron chi connectivity index (χ2n) is 11.8. The normalized spacial score (nSPS) is 22.3. The zero-order chi connectivity index (χ0) is 29.6. The monoisotopic (exact) mass is 598 g/mol. The predicted molar refractivity (Wildman–Crippen MR) is 179 cm³/mol. The van der Waals surface area contributed by atoms with E-state index in [0.717, 1.165) is 17.9 Å². The molecule has 1 aliphatic rings. The standard InChI is InChI=1S/C38H43ClO2S/c1-6-35-28(5)36(40-23-29-13-9-7-10-14-29)37(41-24-30-15-11-8-12-16-30)38(42-35)34-22-32(25(2)19-27(34)4)21-31-17-18-33(39)20-26(31)3/h7-20,22,28,35-38H,6,21,23-24H2,1-5H3/t28-,35-,36+,37-,38+/m1/s1. The van der Waals surface area contributed by atoms with Gasteiger partial charge in [0.25, 0.3) is 0 Å². The predicted octanol–water partition coefficient (Wildman–Crippen LogP) is 10.2. The highest BCUT2D eigenvalue weighted by atomic mass is 35.5. The lowest BCUT2D eigenvalue weighted by atomic mass is 9.86. The van der Waals surface area contributed by atoms with Crippen molar-refractivity contribution in [2.45, 2.75) is 83.4 Å². The van der Waals surface area contributed by atoms with Crippen molar-refractivity contribution < 1.29 is 9.47 Å². The van der Waals surface area contributed by atoms with Crippen molar-refractivity contribution in [3.63, 3.8) is 0 Å². The quantitative estimate of drug-likeness (QED) is 0.181. The highest BCUT2D eigenvalue weighted by Gasteiger charge is 2.45. The van der Waals surface area contributed by atoms with E-state index in [1.165, 1.54) is 44.5 Å². The van der Waals surface area contributed by atoms with Gasteiger partial charge < -0.3 is 9.47 Å². The Bertz CT molecular complexity index is 1460. The lowest BCUT2D eigenvalue weighted by Crippen LogP contribution is -2.48. The number of ether oxygens (including phenoxy) is 2. The lowest BCUT2D eigenvalue weighted by molar-refractivity contribution is -0.112. The maximum Gasteiger partial charge on any atom is 0.100 e. The van der Waals surface area contributed by atoms with E-state index in [1.807, 2.05) is 6.07 Å². The zero-order valence-corrected chi connectivity index (χ0v) is 27.1. The number of hydrogen-bond acceptors (Lipinski definition) is 3. The summed E-state index contributed by atoms with van der Waals surface area (Å²) in [6.45, 7) is 12.5. The molecule has 1 saturated heterocycles. The van der Waals surface area contributed by atoms with Crippen molar-refractivity contribution in [2.75, 3.05) is 0 Å². The average molecular weight is 599 g/mol. The highest BCUT2D eigenvalue weighted by molar-refractivity contribution is 8.00. The van der Waals surface area contributed by atoms with Crippen molar-refractivity contribution in [3.05, 3.63) is 141 Å². The van der Waals surface area contributed by atoms with E-state index in [0.29, 0.717) is 24.4 Å². The van der Waals surface area contributed by atoms with Gasteiger partial charge >= 0.3 is 0 Å². The van der Waals surface area contributed by atoms with E-state index in [2.05, 4.69) is 131 Å². The highest BCUT2D eigenvalue weighted by Crippen LogP contribution is 2.50. The fourth-order valence-electron chi connectivity index (χ4n) is 6.23. The smallest absolute Gasteiger partial charge is 0.100 e. The molecule has 4 aromatic rings. The van der Waals surface area contributed by atoms with Crippen LogP contribution in [0.3, 0.4) is 0 Å². The number of hydrogen-bond donors (Lipinski definition) is 0. The van der Waals surface area contributed by atoms with Crippen LogP contribution in [0, 0.1) is 26.7 Å². The van der Waals surface area contributed by atoms with E-state index in [-0.39, 0.29) is 17.5 Å². The molecular formula is C38H43ClO2S. The minimum atomic E-state index is -0.0803. The van der Waals surface area contributed by atoms with Gasteiger partial charge in [-0.2, -0.15) is 0 Å². The van der Waals surface area contributed by atoms with Gasteiger partial charge in [-0.25, -0.2) is 0 Å². The molecule has 0 spiro atoms. The minimum absolute atomic E-state index is 0.0206. The Morgan fingerprint density at radius 3 is 1.88 bits per heavy atom. The van der Waals surface area contributed by atoms with E-state index in [9.17, 15) is 0 Å². The Kier molecular flexibility index (Phi) is 10.5. The Labute approximate surface area is 261 Å². The summed E-state index contributed by atoms with van der Waals surface area (Å²) in [7, 11) is 0. The molecule has 1 heterocycles. The van der Waals surface area contributed by atoms with Crippen LogP contribution in [0.1, 0.15) is 70.0 Å². The van der Waals surface area contributed by atoms with Crippen LogP contribution < -0.4 is 0 Å². The molecule has 0 aromatic heterocycles. The molecule has 5 rings (SSSR count). The third-order valence-corrected chi connectivity index (χ3v) is 10.9. The van der Waals surface area contributed by atoms with E-state index < -0.39 is 0 Å². The summed E-state index contributed by atoms with van der Waals surface area (Å²) in [5.74, 6) is 0.364. The van der Waals surface area contributed by atoms with Crippen molar-refractivity contribution in [1.29, 1.82) is 0 Å². The van der Waals surface area contributed by atoms with Crippen molar-refractivity contribution in [2.24, 2.45) is 5.92 Å². The van der Waals surface area contributed by atoms with Crippen LogP contribution in [-0.4, -0.2) is 17.5 Å². The van der Waals surface area contributed by atoms with Gasteiger partial charge in [-0.1, -0.05) is 104 Å². The Morgan fingerprint density at radius 1 is 0.690 bits per heavy atom. The topological polar surface area (TPSA) is 18.5 Å². The van der Waals surface area contributed by atoms with Crippen LogP contribution in [0.15, 0.2) is 91.0 Å². The molecule has 0 bridgehead atoms. The van der Waals surface area contributed by atoms with Gasteiger partial charge in [0, 0.05) is 10.3 Å². The lowest BCUT2D eigenvalue weighted by Gasteiger charge is -2.46. The summed E-state index contributed by atoms with van der Waals surface area (Å²) in [4.78, 5) is 0. The molecule has 0 saturated carbocycles. The van der Waals surface area contributed by atoms with E-state index in [4.69, 9.17) is 21.1 Å². The average Bonchev–Trinajstić information content (AvgIpc) is 2.99. The Morgan fingerprint density at radius 2 is 1.29 bits per heavy atom. The van der Waals surface area contributed by atoms with Crippen LogP contribution in [0.25, 0.3) is 0 Å². The number of halogens is 1. The van der Waals surface area contributed by atoms with E-state index in [1.54, 1.807) is 0 Å². The largest absolute Gasteiger partial charge is 0.370 e. The van der Waals surface area contributed by atoms with Gasteiger partial charge in [0.2, 0.25) is 0 Å². The van der Waals surface area contributed by atoms with Gasteiger partial charge in [0.1, 0.15) is 6.10 Å². The molecule has 1 aliphatic heterocycles. The molecule has 0 amide bonds. The Balaban J connectivity index is 1.51. The first-order valence-electron chi connectivity index (χ1n) is 15.2. The third kappa shape index (κ3) is 7.32. The van der Waals surface area contributed by atoms with Gasteiger partial charge in [-0.15, -0.1) is 11.8 Å². The molecular weight excluding hydrogens is 556 g/mol. The summed E-state index contributed by atoms with van der Waals surface area (Å²) in [6, 6.07) is 32.1. The third-order valence-electron chi connectivity index (χ3n) is 8.74. The fourth-order valence-corrected chi connectivity index (χ4v) is 8.22. The fraction of sp³-hybridized carbons (Fsp3) is 0.368. The number of rotatable bonds is 10. The summed E-state index contributed by atoms with van der Waals surface area (Å²) in [5, 5.41) is 1.44. The van der Waals surface area contributed by atoms with Crippen LogP contribution in [-0.2, 0) is 29.1 Å². The molecule has 0 unspecified atom stereocenters. The van der Waals surface area contributed by atoms with Crippen molar-refractivity contribution >= 4 is 23.4 Å². The molecule has 1 fully saturated rings. The van der Waals surface area contributed by atoms with Crippen molar-refractivity contribution in [3.8, 4) is 0 Å². The molecule has 0 radical (unpaired) electrons. The Hall–Kier alpha value is -2.56. The van der Waals surface area contributed by atoms with Crippen LogP contribution in [0.5, 0.6) is 0 Å². The molecule has 0 aliphatic carbocycles. The van der Waals surface area contributed by atoms with E-state index >= 15 is 0 Å². The zero-order valence-electron chi connectivity index (χ0n) is 25.5. The minimum Gasteiger partial charge on any atom is -0.370 e. The molecule has 4 heteroatoms. The molecule has 2 nitrogen and oxygen atoms in total. The maximum absolute atomic E-state index is 6.92. The first-order valence-corrected chi connectivity index (χ1v) is 16.5. The number of aryl methyl sites for hydroxylation is 3. The number of thioether (sulfide) groups is 1. The number of benzene rings is 4.